The number of carbonyl (C=O) groups excluding carboxylic acids is 2. The van der Waals surface area contributed by atoms with Crippen LogP contribution in [0, 0.1) is 0 Å². The van der Waals surface area contributed by atoms with Crippen LogP contribution in [0.1, 0.15) is 431 Å². The van der Waals surface area contributed by atoms with Crippen molar-refractivity contribution in [3.05, 3.63) is 48.6 Å². The molecule has 0 rings (SSSR count). The minimum atomic E-state index is -0.845. The summed E-state index contributed by atoms with van der Waals surface area (Å²) >= 11 is 0. The lowest BCUT2D eigenvalue weighted by Gasteiger charge is -2.20. The molecule has 0 aromatic carbocycles. The van der Waals surface area contributed by atoms with Crippen molar-refractivity contribution in [3.63, 3.8) is 0 Å². The number of aliphatic hydroxyl groups excluding tert-OH is 2. The van der Waals surface area contributed by atoms with Crippen molar-refractivity contribution in [2.75, 3.05) is 13.2 Å². The molecule has 0 aliphatic rings. The van der Waals surface area contributed by atoms with Gasteiger partial charge in [-0.3, -0.25) is 9.59 Å². The van der Waals surface area contributed by atoms with Gasteiger partial charge < -0.3 is 20.3 Å². The second-order valence-corrected chi connectivity index (χ2v) is 27.0. The fourth-order valence-electron chi connectivity index (χ4n) is 12.3. The maximum Gasteiger partial charge on any atom is 0.305 e. The highest BCUT2D eigenvalue weighted by molar-refractivity contribution is 5.76. The number of ether oxygens (including phenoxy) is 1. The van der Waals surface area contributed by atoms with E-state index in [1.54, 1.807) is 6.08 Å². The summed E-state index contributed by atoms with van der Waals surface area (Å²) in [5.74, 6) is -0.0514. The van der Waals surface area contributed by atoms with Crippen LogP contribution in [0.25, 0.3) is 0 Å². The molecule has 6 nitrogen and oxygen atoms in total. The summed E-state index contributed by atoms with van der Waals surface area (Å²) in [6, 6.07) is -0.628. The minimum absolute atomic E-state index is 0.0105. The molecule has 2 unspecified atom stereocenters. The van der Waals surface area contributed by atoms with Gasteiger partial charge in [-0.15, -0.1) is 0 Å². The van der Waals surface area contributed by atoms with Crippen LogP contribution >= 0.6 is 0 Å². The number of carbonyl (C=O) groups is 2. The second kappa shape index (κ2) is 76.3. The molecule has 6 heteroatoms. The molecule has 2 atom stereocenters. The Balaban J connectivity index is 3.38. The first-order valence-corrected chi connectivity index (χ1v) is 39.4. The van der Waals surface area contributed by atoms with Crippen molar-refractivity contribution >= 4 is 11.9 Å². The number of esters is 1. The van der Waals surface area contributed by atoms with Gasteiger partial charge >= 0.3 is 5.97 Å². The Labute approximate surface area is 544 Å². The van der Waals surface area contributed by atoms with Crippen molar-refractivity contribution in [2.24, 2.45) is 0 Å². The number of unbranched alkanes of at least 4 members (excludes halogenated alkanes) is 57. The largest absolute Gasteiger partial charge is 0.466 e. The highest BCUT2D eigenvalue weighted by atomic mass is 16.5. The molecule has 0 bridgehead atoms. The van der Waals surface area contributed by atoms with E-state index < -0.39 is 12.1 Å². The maximum atomic E-state index is 12.5. The molecule has 3 N–H and O–H groups in total. The lowest BCUT2D eigenvalue weighted by molar-refractivity contribution is -0.143. The van der Waals surface area contributed by atoms with Crippen LogP contribution in [-0.2, 0) is 14.3 Å². The lowest BCUT2D eigenvalue weighted by Crippen LogP contribution is -2.45. The Morgan fingerprint density at radius 1 is 0.322 bits per heavy atom. The number of nitrogens with one attached hydrogen (secondary N) is 1. The highest BCUT2D eigenvalue weighted by Gasteiger charge is 2.18. The third-order valence-electron chi connectivity index (χ3n) is 18.3. The van der Waals surface area contributed by atoms with Crippen LogP contribution in [0.15, 0.2) is 48.6 Å². The predicted molar refractivity (Wildman–Crippen MR) is 384 cm³/mol. The summed E-state index contributed by atoms with van der Waals surface area (Å²) in [6.45, 7) is 4.93. The van der Waals surface area contributed by atoms with Crippen LogP contribution < -0.4 is 5.32 Å². The van der Waals surface area contributed by atoms with Crippen molar-refractivity contribution < 1.29 is 24.5 Å². The predicted octanol–water partition coefficient (Wildman–Crippen LogP) is 26.0. The zero-order chi connectivity index (χ0) is 62.8. The summed E-state index contributed by atoms with van der Waals surface area (Å²) in [5, 5.41) is 23.3. The Morgan fingerprint density at radius 2 is 0.575 bits per heavy atom. The summed E-state index contributed by atoms with van der Waals surface area (Å²) < 4.78 is 5.51. The lowest BCUT2D eigenvalue weighted by atomic mass is 10.0. The van der Waals surface area contributed by atoms with E-state index >= 15 is 0 Å². The molecule has 0 saturated heterocycles. The van der Waals surface area contributed by atoms with Crippen molar-refractivity contribution in [2.45, 2.75) is 443 Å². The Kier molecular flexibility index (Phi) is 74.4. The molecule has 0 aromatic rings. The standard InChI is InChI=1S/C81H153NO5/c1-3-5-7-9-11-13-15-17-19-21-23-35-38-41-45-49-53-57-61-65-69-73-79(84)78(77-83)82-80(85)74-70-66-62-58-54-50-46-42-39-36-33-31-29-27-25-24-26-28-30-32-34-37-40-44-48-52-56-60-64-68-72-76-87-81(86)75-71-67-63-59-55-51-47-43-22-20-18-16-14-12-10-8-6-4-2/h14,16,20,22,26,28,69,73,78-79,83-84H,3-13,15,17-19,21,23-25,27,29-68,70-72,74-77H2,1-2H3,(H,82,85)/b16-14-,22-20-,28-26-,73-69+. The van der Waals surface area contributed by atoms with Crippen molar-refractivity contribution in [1.29, 1.82) is 0 Å². The summed E-state index contributed by atoms with van der Waals surface area (Å²) in [4.78, 5) is 24.7. The number of rotatable bonds is 74. The normalized spacial score (nSPS) is 12.7. The summed E-state index contributed by atoms with van der Waals surface area (Å²) in [7, 11) is 0. The van der Waals surface area contributed by atoms with Crippen molar-refractivity contribution in [1.82, 2.24) is 5.32 Å². The second-order valence-electron chi connectivity index (χ2n) is 27.0. The van der Waals surface area contributed by atoms with E-state index in [9.17, 15) is 19.8 Å². The third kappa shape index (κ3) is 72.8. The van der Waals surface area contributed by atoms with E-state index in [0.717, 1.165) is 51.4 Å². The number of aliphatic hydroxyl groups is 2. The Morgan fingerprint density at radius 3 is 0.897 bits per heavy atom. The van der Waals surface area contributed by atoms with E-state index in [1.165, 1.54) is 353 Å². The average molecular weight is 1220 g/mol. The van der Waals surface area contributed by atoms with Gasteiger partial charge in [-0.05, 0) is 89.9 Å². The fraction of sp³-hybridized carbons (Fsp3) is 0.877. The number of allylic oxidation sites excluding steroid dienone is 7. The van der Waals surface area contributed by atoms with Crippen LogP contribution in [0.4, 0.5) is 0 Å². The van der Waals surface area contributed by atoms with E-state index in [1.807, 2.05) is 6.08 Å². The van der Waals surface area contributed by atoms with Crippen LogP contribution in [-0.4, -0.2) is 47.4 Å². The Hall–Kier alpha value is -2.18. The first-order valence-electron chi connectivity index (χ1n) is 39.4. The minimum Gasteiger partial charge on any atom is -0.466 e. The number of hydrogen-bond donors (Lipinski definition) is 3. The molecule has 0 fully saturated rings. The van der Waals surface area contributed by atoms with Gasteiger partial charge in [-0.1, -0.05) is 377 Å². The van der Waals surface area contributed by atoms with Gasteiger partial charge in [0.25, 0.3) is 0 Å². The molecule has 87 heavy (non-hydrogen) atoms. The summed E-state index contributed by atoms with van der Waals surface area (Å²) in [5.41, 5.74) is 0. The highest BCUT2D eigenvalue weighted by Crippen LogP contribution is 2.19. The van der Waals surface area contributed by atoms with E-state index in [0.29, 0.717) is 19.4 Å². The third-order valence-corrected chi connectivity index (χ3v) is 18.3. The maximum absolute atomic E-state index is 12.5. The number of hydrogen-bond acceptors (Lipinski definition) is 5. The monoisotopic (exact) mass is 1220 g/mol. The van der Waals surface area contributed by atoms with Gasteiger partial charge in [0.05, 0.1) is 25.4 Å². The molecule has 1 amide bonds. The van der Waals surface area contributed by atoms with E-state index in [-0.39, 0.29) is 18.5 Å². The van der Waals surface area contributed by atoms with E-state index in [4.69, 9.17) is 4.74 Å². The van der Waals surface area contributed by atoms with Gasteiger partial charge in [-0.25, -0.2) is 0 Å². The average Bonchev–Trinajstić information content (AvgIpc) is 3.52. The number of amides is 1. The molecular formula is C81H153NO5. The van der Waals surface area contributed by atoms with E-state index in [2.05, 4.69) is 55.6 Å². The molecule has 0 saturated carbocycles. The quantitative estimate of drug-likeness (QED) is 0.0320. The van der Waals surface area contributed by atoms with Gasteiger partial charge in [0.15, 0.2) is 0 Å². The van der Waals surface area contributed by atoms with Gasteiger partial charge in [-0.2, -0.15) is 0 Å². The molecule has 0 spiro atoms. The topological polar surface area (TPSA) is 95.9 Å². The first kappa shape index (κ1) is 84.8. The molecule has 0 aliphatic carbocycles. The SMILES string of the molecule is CCCCCC/C=C\C/C=C\CCCCCCCCCC(=O)OCCCCCCCCCCCCCC/C=C\CCCCCCCCCCCCCCCCCC(=O)NC(CO)C(O)/C=C/CCCCCCCCCCCCCCCCCCCCC. The van der Waals surface area contributed by atoms with Crippen LogP contribution in [0.3, 0.4) is 0 Å². The zero-order valence-electron chi connectivity index (χ0n) is 58.8. The zero-order valence-corrected chi connectivity index (χ0v) is 58.8. The summed E-state index contributed by atoms with van der Waals surface area (Å²) in [6.07, 6.45) is 101. The van der Waals surface area contributed by atoms with Crippen molar-refractivity contribution in [3.8, 4) is 0 Å². The molecule has 0 aromatic heterocycles. The molecule has 0 aliphatic heterocycles. The van der Waals surface area contributed by atoms with Crippen LogP contribution in [0.5, 0.6) is 0 Å². The van der Waals surface area contributed by atoms with Gasteiger partial charge in [0, 0.05) is 12.8 Å². The fourth-order valence-corrected chi connectivity index (χ4v) is 12.3. The smallest absolute Gasteiger partial charge is 0.305 e. The van der Waals surface area contributed by atoms with Crippen LogP contribution in [0.2, 0.25) is 0 Å². The van der Waals surface area contributed by atoms with Gasteiger partial charge in [0.1, 0.15) is 0 Å². The first-order chi connectivity index (χ1) is 43.0. The Bertz CT molecular complexity index is 1450. The molecule has 512 valence electrons. The molecule has 0 radical (unpaired) electrons. The molecule has 0 heterocycles. The van der Waals surface area contributed by atoms with Gasteiger partial charge in [0.2, 0.25) is 5.91 Å². The molecular weight excluding hydrogens is 1070 g/mol.